The van der Waals surface area contributed by atoms with Crippen LogP contribution in [0, 0.1) is 6.92 Å². The average molecular weight is 398 g/mol. The van der Waals surface area contributed by atoms with Gasteiger partial charge >= 0.3 is 11.7 Å². The fraction of sp³-hybridized carbons (Fsp3) is 0.333. The number of nitrogens with one attached hydrogen (secondary N) is 2. The van der Waals surface area contributed by atoms with Crippen LogP contribution in [0.25, 0.3) is 5.57 Å². The zero-order valence-electron chi connectivity index (χ0n) is 13.1. The first-order chi connectivity index (χ1) is 11.9. The van der Waals surface area contributed by atoms with Crippen LogP contribution in [0.15, 0.2) is 29.8 Å². The van der Waals surface area contributed by atoms with Gasteiger partial charge in [0.25, 0.3) is 11.8 Å². The van der Waals surface area contributed by atoms with E-state index < -0.39 is 53.5 Å². The van der Waals surface area contributed by atoms with E-state index in [0.29, 0.717) is 0 Å². The molecule has 26 heavy (non-hydrogen) atoms. The van der Waals surface area contributed by atoms with Gasteiger partial charge in [-0.15, -0.1) is 0 Å². The zero-order chi connectivity index (χ0) is 19.7. The third-order valence-electron chi connectivity index (χ3n) is 3.52. The predicted octanol–water partition coefficient (Wildman–Crippen LogP) is 3.48. The minimum atomic E-state index is -4.81. The SMILES string of the molecule is Cc1ccc(C2=C(C(=O)NSC(F)(F)F)C(=O)NC(C(F)(F)F)C2)cc1. The van der Waals surface area contributed by atoms with Gasteiger partial charge in [0, 0.05) is 6.42 Å². The van der Waals surface area contributed by atoms with Crippen molar-refractivity contribution in [1.29, 1.82) is 0 Å². The summed E-state index contributed by atoms with van der Waals surface area (Å²) in [6.45, 7) is 1.72. The van der Waals surface area contributed by atoms with E-state index in [1.807, 2.05) is 0 Å². The lowest BCUT2D eigenvalue weighted by molar-refractivity contribution is -0.160. The van der Waals surface area contributed by atoms with Gasteiger partial charge < -0.3 is 5.32 Å². The van der Waals surface area contributed by atoms with E-state index in [1.165, 1.54) is 16.9 Å². The topological polar surface area (TPSA) is 58.2 Å². The van der Waals surface area contributed by atoms with Gasteiger partial charge in [0.05, 0.1) is 11.9 Å². The third kappa shape index (κ3) is 4.93. The van der Waals surface area contributed by atoms with Crippen LogP contribution in [0.2, 0.25) is 0 Å². The molecule has 0 aromatic heterocycles. The maximum absolute atomic E-state index is 13.0. The Morgan fingerprint density at radius 1 is 1.15 bits per heavy atom. The van der Waals surface area contributed by atoms with Crippen molar-refractivity contribution in [3.63, 3.8) is 0 Å². The van der Waals surface area contributed by atoms with Crippen LogP contribution < -0.4 is 10.0 Å². The maximum atomic E-state index is 13.0. The summed E-state index contributed by atoms with van der Waals surface area (Å²) in [6, 6.07) is 3.68. The van der Waals surface area contributed by atoms with Crippen LogP contribution in [0.5, 0.6) is 0 Å². The molecule has 11 heteroatoms. The monoisotopic (exact) mass is 398 g/mol. The molecule has 0 aliphatic carbocycles. The summed E-state index contributed by atoms with van der Waals surface area (Å²) in [5.74, 6) is -2.80. The van der Waals surface area contributed by atoms with E-state index in [4.69, 9.17) is 0 Å². The molecular weight excluding hydrogens is 386 g/mol. The number of carbonyl (C=O) groups is 2. The molecular formula is C15H12F6N2O2S. The Balaban J connectivity index is 2.46. The van der Waals surface area contributed by atoms with E-state index >= 15 is 0 Å². The molecule has 0 bridgehead atoms. The summed E-state index contributed by atoms with van der Waals surface area (Å²) in [7, 11) is 0. The standard InChI is InChI=1S/C15H12F6N2O2S/c1-7-2-4-8(5-3-7)9-6-10(14(16,17)18)22-12(24)11(9)13(25)23-26-15(19,20)21/h2-5,10H,6H2,1H3,(H,22,24)(H,23,25). The van der Waals surface area contributed by atoms with Crippen LogP contribution in [-0.4, -0.2) is 29.5 Å². The van der Waals surface area contributed by atoms with Crippen molar-refractivity contribution < 1.29 is 35.9 Å². The highest BCUT2D eigenvalue weighted by molar-refractivity contribution is 7.98. The first-order valence-electron chi connectivity index (χ1n) is 7.11. The van der Waals surface area contributed by atoms with Gasteiger partial charge in [-0.05, 0) is 18.1 Å². The van der Waals surface area contributed by atoms with Crippen molar-refractivity contribution in [2.45, 2.75) is 31.1 Å². The molecule has 1 aromatic rings. The lowest BCUT2D eigenvalue weighted by Crippen LogP contribution is -2.50. The molecule has 142 valence electrons. The number of halogens is 6. The molecule has 0 saturated heterocycles. The van der Waals surface area contributed by atoms with E-state index in [1.54, 1.807) is 24.4 Å². The van der Waals surface area contributed by atoms with E-state index in [0.717, 1.165) is 5.56 Å². The quantitative estimate of drug-likeness (QED) is 0.466. The van der Waals surface area contributed by atoms with Crippen molar-refractivity contribution in [3.05, 3.63) is 41.0 Å². The van der Waals surface area contributed by atoms with Crippen LogP contribution in [-0.2, 0) is 9.59 Å². The number of amides is 2. The Morgan fingerprint density at radius 3 is 2.23 bits per heavy atom. The highest BCUT2D eigenvalue weighted by Gasteiger charge is 2.46. The minimum absolute atomic E-state index is 0.154. The zero-order valence-corrected chi connectivity index (χ0v) is 13.9. The summed E-state index contributed by atoms with van der Waals surface area (Å²) >= 11 is -0.893. The fourth-order valence-electron chi connectivity index (χ4n) is 2.33. The Labute approximate surface area is 148 Å². The van der Waals surface area contributed by atoms with E-state index in [2.05, 4.69) is 0 Å². The molecule has 2 rings (SSSR count). The predicted molar refractivity (Wildman–Crippen MR) is 82.5 cm³/mol. The molecule has 0 saturated carbocycles. The molecule has 1 heterocycles. The second-order valence-corrected chi connectivity index (χ2v) is 6.34. The highest BCUT2D eigenvalue weighted by atomic mass is 32.2. The second-order valence-electron chi connectivity index (χ2n) is 5.47. The molecule has 0 fully saturated rings. The largest absolute Gasteiger partial charge is 0.461 e. The van der Waals surface area contributed by atoms with Crippen molar-refractivity contribution in [2.24, 2.45) is 0 Å². The number of alkyl halides is 6. The molecule has 0 spiro atoms. The Morgan fingerprint density at radius 2 is 1.73 bits per heavy atom. The van der Waals surface area contributed by atoms with Gasteiger partial charge in [0.2, 0.25) is 0 Å². The molecule has 4 nitrogen and oxygen atoms in total. The number of benzene rings is 1. The van der Waals surface area contributed by atoms with Crippen LogP contribution in [0.4, 0.5) is 26.3 Å². The number of aryl methyl sites for hydroxylation is 1. The molecule has 1 unspecified atom stereocenters. The van der Waals surface area contributed by atoms with Gasteiger partial charge in [-0.25, -0.2) is 0 Å². The smallest absolute Gasteiger partial charge is 0.340 e. The van der Waals surface area contributed by atoms with Crippen molar-refractivity contribution in [1.82, 2.24) is 10.0 Å². The molecule has 1 atom stereocenters. The molecule has 1 aromatic carbocycles. The number of hydrogen-bond donors (Lipinski definition) is 2. The van der Waals surface area contributed by atoms with Gasteiger partial charge in [0.15, 0.2) is 0 Å². The van der Waals surface area contributed by atoms with Crippen LogP contribution in [0.3, 0.4) is 0 Å². The normalized spacial score (nSPS) is 18.6. The van der Waals surface area contributed by atoms with Crippen LogP contribution >= 0.6 is 11.9 Å². The Bertz CT molecular complexity index is 740. The lowest BCUT2D eigenvalue weighted by atomic mass is 9.89. The molecule has 2 N–H and O–H groups in total. The molecule has 2 amide bonds. The summed E-state index contributed by atoms with van der Waals surface area (Å²) in [5.41, 5.74) is -4.91. The number of carbonyl (C=O) groups excluding carboxylic acids is 2. The van der Waals surface area contributed by atoms with Gasteiger partial charge in [0.1, 0.15) is 11.6 Å². The number of hydrogen-bond acceptors (Lipinski definition) is 3. The van der Waals surface area contributed by atoms with Crippen molar-refractivity contribution in [3.8, 4) is 0 Å². The van der Waals surface area contributed by atoms with Crippen molar-refractivity contribution >= 4 is 29.3 Å². The Hall–Kier alpha value is -2.17. The van der Waals surface area contributed by atoms with E-state index in [-0.39, 0.29) is 11.1 Å². The molecule has 1 aliphatic heterocycles. The minimum Gasteiger partial charge on any atom is -0.340 e. The van der Waals surface area contributed by atoms with Gasteiger partial charge in [-0.1, -0.05) is 29.8 Å². The summed E-state index contributed by atoms with van der Waals surface area (Å²) < 4.78 is 77.2. The third-order valence-corrected chi connectivity index (χ3v) is 4.04. The first kappa shape index (κ1) is 20.1. The molecule has 1 aliphatic rings. The average Bonchev–Trinajstić information content (AvgIpc) is 2.51. The highest BCUT2D eigenvalue weighted by Crippen LogP contribution is 2.35. The van der Waals surface area contributed by atoms with Gasteiger partial charge in [-0.3, -0.25) is 14.3 Å². The first-order valence-corrected chi connectivity index (χ1v) is 7.93. The van der Waals surface area contributed by atoms with Crippen LogP contribution in [0.1, 0.15) is 17.5 Å². The summed E-state index contributed by atoms with van der Waals surface area (Å²) in [6.07, 6.45) is -5.54. The lowest BCUT2D eigenvalue weighted by Gasteiger charge is -2.29. The summed E-state index contributed by atoms with van der Waals surface area (Å²) in [4.78, 5) is 24.1. The Kier molecular flexibility index (Phi) is 5.59. The van der Waals surface area contributed by atoms with Gasteiger partial charge in [-0.2, -0.15) is 26.3 Å². The van der Waals surface area contributed by atoms with E-state index in [9.17, 15) is 35.9 Å². The second kappa shape index (κ2) is 7.22. The summed E-state index contributed by atoms with van der Waals surface area (Å²) in [5, 5.41) is 1.62. The van der Waals surface area contributed by atoms with Crippen molar-refractivity contribution in [2.75, 3.05) is 0 Å². The molecule has 0 radical (unpaired) electrons. The maximum Gasteiger partial charge on any atom is 0.461 e. The number of rotatable bonds is 3. The fourth-order valence-corrected chi connectivity index (χ4v) is 2.65.